The van der Waals surface area contributed by atoms with Gasteiger partial charge in [0.05, 0.1) is 6.10 Å². The first kappa shape index (κ1) is 19.9. The van der Waals surface area contributed by atoms with E-state index in [1.165, 1.54) is 5.57 Å². The Kier molecular flexibility index (Phi) is 5.92. The lowest BCUT2D eigenvalue weighted by molar-refractivity contribution is -0.123. The van der Waals surface area contributed by atoms with Crippen molar-refractivity contribution in [3.8, 4) is 0 Å². The molecule has 0 aromatic carbocycles. The zero-order chi connectivity index (χ0) is 18.9. The van der Waals surface area contributed by atoms with Crippen LogP contribution < -0.4 is 0 Å². The maximum Gasteiger partial charge on any atom is 0.254 e. The third-order valence-electron chi connectivity index (χ3n) is 5.80. The molecule has 0 unspecified atom stereocenters. The van der Waals surface area contributed by atoms with Gasteiger partial charge in [0.25, 0.3) is 5.91 Å². The Labute approximate surface area is 150 Å². The third kappa shape index (κ3) is 3.21. The number of aliphatic hydroxyl groups excluding tert-OH is 2. The van der Waals surface area contributed by atoms with Crippen LogP contribution in [0.2, 0.25) is 0 Å². The summed E-state index contributed by atoms with van der Waals surface area (Å²) in [6, 6.07) is 0. The number of fused-ring (bicyclic) bond motifs is 2. The summed E-state index contributed by atoms with van der Waals surface area (Å²) in [6.07, 6.45) is 4.17. The Hall–Kier alpha value is -1.43. The highest BCUT2D eigenvalue weighted by molar-refractivity contribution is 6.00. The van der Waals surface area contributed by atoms with Crippen molar-refractivity contribution < 1.29 is 19.7 Å². The second kappa shape index (κ2) is 7.44. The fraction of sp³-hybridized carbons (Fsp3) is 0.650. The fourth-order valence-electron chi connectivity index (χ4n) is 4.01. The highest BCUT2D eigenvalue weighted by Gasteiger charge is 2.49. The van der Waals surface area contributed by atoms with E-state index in [4.69, 9.17) is 9.84 Å². The van der Waals surface area contributed by atoms with Gasteiger partial charge in [0.15, 0.2) is 0 Å². The summed E-state index contributed by atoms with van der Waals surface area (Å²) in [5.74, 6) is 0.154. The molecular formula is C20H31NO4. The highest BCUT2D eigenvalue weighted by atomic mass is 16.5. The summed E-state index contributed by atoms with van der Waals surface area (Å²) in [6.45, 7) is 10.6. The number of hydrogen-bond acceptors (Lipinski definition) is 4. The van der Waals surface area contributed by atoms with Gasteiger partial charge in [-0.2, -0.15) is 0 Å². The number of carbonyl (C=O) groups is 1. The number of aliphatic hydroxyl groups is 2. The minimum Gasteiger partial charge on any atom is -0.397 e. The van der Waals surface area contributed by atoms with Crippen LogP contribution in [0.3, 0.4) is 0 Å². The van der Waals surface area contributed by atoms with Crippen LogP contribution in [0.15, 0.2) is 34.6 Å². The molecule has 5 nitrogen and oxygen atoms in total. The maximum atomic E-state index is 12.2. The quantitative estimate of drug-likeness (QED) is 0.803. The van der Waals surface area contributed by atoms with Gasteiger partial charge in [-0.1, -0.05) is 13.8 Å². The van der Waals surface area contributed by atoms with Crippen molar-refractivity contribution in [3.05, 3.63) is 34.6 Å². The van der Waals surface area contributed by atoms with Gasteiger partial charge in [-0.15, -0.1) is 0 Å². The van der Waals surface area contributed by atoms with Crippen molar-refractivity contribution >= 4 is 5.91 Å². The molecule has 0 bridgehead atoms. The standard InChI is InChI=1S/C18H25NO3.C2H6O/c1-6-22-15-8-12-7-14-13(10(2)17(21)19(14)5)9-18(12,4)11(3)16(15)20;1-2-3/h7-8,11,15-16,20H,6,9H2,1-5H3;3H,2H2,1H3/t11-,15+,16+,18+;/m0./s1. The predicted molar refractivity (Wildman–Crippen MR) is 97.7 cm³/mol. The topological polar surface area (TPSA) is 70.0 Å². The molecule has 1 heterocycles. The van der Waals surface area contributed by atoms with Crippen LogP contribution >= 0.6 is 0 Å². The lowest BCUT2D eigenvalue weighted by atomic mass is 9.60. The first-order valence-electron chi connectivity index (χ1n) is 9.05. The summed E-state index contributed by atoms with van der Waals surface area (Å²) in [5, 5.41) is 18.2. The number of nitrogens with zero attached hydrogens (tertiary/aromatic N) is 1. The van der Waals surface area contributed by atoms with Crippen LogP contribution in [0.4, 0.5) is 0 Å². The van der Waals surface area contributed by atoms with Crippen LogP contribution in [-0.2, 0) is 9.53 Å². The van der Waals surface area contributed by atoms with Crippen LogP contribution in [-0.4, -0.2) is 53.5 Å². The van der Waals surface area contributed by atoms with Crippen LogP contribution in [0.25, 0.3) is 0 Å². The van der Waals surface area contributed by atoms with Crippen molar-refractivity contribution in [1.29, 1.82) is 0 Å². The molecule has 0 saturated heterocycles. The minimum atomic E-state index is -0.514. The molecule has 1 aliphatic heterocycles. The average Bonchev–Trinajstić information content (AvgIpc) is 2.77. The lowest BCUT2D eigenvalue weighted by Gasteiger charge is -2.48. The monoisotopic (exact) mass is 349 g/mol. The molecular weight excluding hydrogens is 318 g/mol. The molecule has 3 aliphatic rings. The van der Waals surface area contributed by atoms with Gasteiger partial charge in [-0.05, 0) is 56.4 Å². The molecule has 0 saturated carbocycles. The number of allylic oxidation sites excluding steroid dienone is 3. The largest absolute Gasteiger partial charge is 0.397 e. The van der Waals surface area contributed by atoms with E-state index in [1.807, 2.05) is 27.0 Å². The van der Waals surface area contributed by atoms with Gasteiger partial charge in [0.2, 0.25) is 0 Å². The van der Waals surface area contributed by atoms with Gasteiger partial charge in [0.1, 0.15) is 6.10 Å². The number of carbonyl (C=O) groups excluding carboxylic acids is 1. The summed E-state index contributed by atoms with van der Waals surface area (Å²) < 4.78 is 5.69. The molecule has 4 atom stereocenters. The Balaban J connectivity index is 0.000000701. The second-order valence-corrected chi connectivity index (χ2v) is 7.23. The van der Waals surface area contributed by atoms with E-state index in [0.717, 1.165) is 23.3 Å². The number of amides is 1. The Morgan fingerprint density at radius 3 is 2.56 bits per heavy atom. The normalized spacial score (nSPS) is 34.0. The second-order valence-electron chi connectivity index (χ2n) is 7.23. The first-order valence-corrected chi connectivity index (χ1v) is 9.05. The van der Waals surface area contributed by atoms with E-state index < -0.39 is 6.10 Å². The first-order chi connectivity index (χ1) is 11.7. The number of ether oxygens (including phenoxy) is 1. The summed E-state index contributed by atoms with van der Waals surface area (Å²) in [4.78, 5) is 14.0. The molecule has 2 N–H and O–H groups in total. The predicted octanol–water partition coefficient (Wildman–Crippen LogP) is 2.41. The Bertz CT molecular complexity index is 634. The molecule has 0 spiro atoms. The third-order valence-corrected chi connectivity index (χ3v) is 5.80. The number of hydrogen-bond donors (Lipinski definition) is 2. The van der Waals surface area contributed by atoms with E-state index in [-0.39, 0.29) is 30.0 Å². The Morgan fingerprint density at radius 1 is 1.40 bits per heavy atom. The molecule has 2 aliphatic carbocycles. The molecule has 0 aromatic rings. The van der Waals surface area contributed by atoms with E-state index in [2.05, 4.69) is 19.9 Å². The molecule has 0 fully saturated rings. The zero-order valence-electron chi connectivity index (χ0n) is 16.2. The summed E-state index contributed by atoms with van der Waals surface area (Å²) in [5.41, 5.74) is 3.99. The van der Waals surface area contributed by atoms with Crippen molar-refractivity contribution in [1.82, 2.24) is 4.90 Å². The Morgan fingerprint density at radius 2 is 2.00 bits per heavy atom. The fourth-order valence-corrected chi connectivity index (χ4v) is 4.01. The van der Waals surface area contributed by atoms with Crippen molar-refractivity contribution in [2.24, 2.45) is 11.3 Å². The van der Waals surface area contributed by atoms with Crippen LogP contribution in [0.1, 0.15) is 41.0 Å². The molecule has 0 aromatic heterocycles. The molecule has 1 amide bonds. The van der Waals surface area contributed by atoms with Gasteiger partial charge >= 0.3 is 0 Å². The van der Waals surface area contributed by atoms with E-state index in [0.29, 0.717) is 6.61 Å². The van der Waals surface area contributed by atoms with Crippen molar-refractivity contribution in [2.45, 2.75) is 53.2 Å². The van der Waals surface area contributed by atoms with Gasteiger partial charge in [0, 0.05) is 36.9 Å². The smallest absolute Gasteiger partial charge is 0.254 e. The lowest BCUT2D eigenvalue weighted by Crippen LogP contribution is -2.47. The van der Waals surface area contributed by atoms with Gasteiger partial charge in [-0.3, -0.25) is 4.79 Å². The molecule has 25 heavy (non-hydrogen) atoms. The molecule has 0 radical (unpaired) electrons. The molecule has 5 heteroatoms. The van der Waals surface area contributed by atoms with Crippen molar-refractivity contribution in [2.75, 3.05) is 20.3 Å². The van der Waals surface area contributed by atoms with Crippen LogP contribution in [0, 0.1) is 11.3 Å². The number of rotatable bonds is 2. The summed E-state index contributed by atoms with van der Waals surface area (Å²) in [7, 11) is 1.83. The van der Waals surface area contributed by atoms with Crippen LogP contribution in [0.5, 0.6) is 0 Å². The van der Waals surface area contributed by atoms with Gasteiger partial charge < -0.3 is 19.8 Å². The van der Waals surface area contributed by atoms with Gasteiger partial charge in [-0.25, -0.2) is 0 Å². The molecule has 140 valence electrons. The highest BCUT2D eigenvalue weighted by Crippen LogP contribution is 2.53. The average molecular weight is 349 g/mol. The molecule has 3 rings (SSSR count). The SMILES string of the molecule is CCO.CCO[C@@H]1C=C2C=C3C(=C(C)C(=O)N3C)C[C@]2(C)[C@@H](C)[C@H]1O. The maximum absolute atomic E-state index is 12.2. The zero-order valence-corrected chi connectivity index (χ0v) is 16.2. The summed E-state index contributed by atoms with van der Waals surface area (Å²) >= 11 is 0. The van der Waals surface area contributed by atoms with E-state index in [9.17, 15) is 9.90 Å². The number of likely N-dealkylation sites (N-methyl/N-ethyl adjacent to an activating group) is 1. The van der Waals surface area contributed by atoms with Crippen molar-refractivity contribution in [3.63, 3.8) is 0 Å². The van der Waals surface area contributed by atoms with E-state index >= 15 is 0 Å². The van der Waals surface area contributed by atoms with E-state index in [1.54, 1.807) is 11.8 Å². The minimum absolute atomic E-state index is 0.0724.